The first-order valence-electron chi connectivity index (χ1n) is 6.80. The predicted octanol–water partition coefficient (Wildman–Crippen LogP) is 3.70. The Bertz CT molecular complexity index is 664. The van der Waals surface area contributed by atoms with Crippen LogP contribution in [-0.4, -0.2) is 19.0 Å². The Morgan fingerprint density at radius 2 is 1.90 bits per heavy atom. The third kappa shape index (κ3) is 3.87. The Kier molecular flexibility index (Phi) is 4.63. The number of benzene rings is 2. The number of rotatable bonds is 5. The molecule has 0 bridgehead atoms. The normalized spacial score (nSPS) is 9.76. The molecule has 3 nitrogen and oxygen atoms in total. The minimum atomic E-state index is 0.687. The average Bonchev–Trinajstić information content (AvgIpc) is 2.53. The molecule has 0 radical (unpaired) electrons. The quantitative estimate of drug-likeness (QED) is 0.905. The first-order chi connectivity index (χ1) is 10.1. The van der Waals surface area contributed by atoms with Crippen molar-refractivity contribution in [3.8, 4) is 6.07 Å². The molecule has 0 aliphatic carbocycles. The Morgan fingerprint density at radius 3 is 2.52 bits per heavy atom. The van der Waals surface area contributed by atoms with Crippen LogP contribution in [0.5, 0.6) is 0 Å². The van der Waals surface area contributed by atoms with E-state index in [1.807, 2.05) is 55.4 Å². The molecule has 0 saturated heterocycles. The molecular formula is C18H19N3. The molecule has 106 valence electrons. The van der Waals surface area contributed by atoms with Crippen molar-refractivity contribution in [1.29, 1.82) is 5.26 Å². The zero-order chi connectivity index (χ0) is 15.2. The number of nitriles is 1. The van der Waals surface area contributed by atoms with Gasteiger partial charge in [-0.15, -0.1) is 0 Å². The van der Waals surface area contributed by atoms with Crippen LogP contribution in [0.4, 0.5) is 5.69 Å². The van der Waals surface area contributed by atoms with Crippen molar-refractivity contribution in [2.45, 2.75) is 6.54 Å². The van der Waals surface area contributed by atoms with E-state index in [-0.39, 0.29) is 0 Å². The first kappa shape index (κ1) is 14.7. The van der Waals surface area contributed by atoms with Gasteiger partial charge in [-0.1, -0.05) is 30.8 Å². The largest absolute Gasteiger partial charge is 0.381 e. The van der Waals surface area contributed by atoms with Crippen LogP contribution in [0.3, 0.4) is 0 Å². The first-order valence-corrected chi connectivity index (χ1v) is 6.80. The van der Waals surface area contributed by atoms with Crippen LogP contribution in [0, 0.1) is 11.3 Å². The van der Waals surface area contributed by atoms with E-state index in [1.54, 1.807) is 0 Å². The molecule has 21 heavy (non-hydrogen) atoms. The van der Waals surface area contributed by atoms with Crippen LogP contribution in [0.2, 0.25) is 0 Å². The third-order valence-electron chi connectivity index (χ3n) is 3.31. The highest BCUT2D eigenvalue weighted by molar-refractivity contribution is 5.63. The fourth-order valence-electron chi connectivity index (χ4n) is 1.99. The predicted molar refractivity (Wildman–Crippen MR) is 87.6 cm³/mol. The Labute approximate surface area is 126 Å². The van der Waals surface area contributed by atoms with E-state index in [0.29, 0.717) is 12.1 Å². The second-order valence-corrected chi connectivity index (χ2v) is 5.08. The van der Waals surface area contributed by atoms with E-state index in [1.165, 1.54) is 0 Å². The molecule has 0 heterocycles. The van der Waals surface area contributed by atoms with Gasteiger partial charge in [-0.2, -0.15) is 5.26 Å². The second kappa shape index (κ2) is 6.62. The van der Waals surface area contributed by atoms with Crippen LogP contribution in [0.25, 0.3) is 5.70 Å². The summed E-state index contributed by atoms with van der Waals surface area (Å²) in [5.74, 6) is 0. The summed E-state index contributed by atoms with van der Waals surface area (Å²) >= 11 is 0. The highest BCUT2D eigenvalue weighted by Crippen LogP contribution is 2.18. The number of nitrogens with zero attached hydrogens (tertiary/aromatic N) is 2. The van der Waals surface area contributed by atoms with Gasteiger partial charge in [0, 0.05) is 32.0 Å². The summed E-state index contributed by atoms with van der Waals surface area (Å²) in [4.78, 5) is 2.00. The fraction of sp³-hybridized carbons (Fsp3) is 0.167. The molecule has 0 aromatic heterocycles. The van der Waals surface area contributed by atoms with Gasteiger partial charge in [-0.3, -0.25) is 0 Å². The molecular weight excluding hydrogens is 258 g/mol. The standard InChI is InChI=1S/C18H19N3/c1-14(21(2)3)17-7-9-18(10-8-17)20-13-16-6-4-5-15(11-16)12-19/h4-11,20H,1,13H2,2-3H3. The lowest BCUT2D eigenvalue weighted by molar-refractivity contribution is 0.593. The van der Waals surface area contributed by atoms with Gasteiger partial charge >= 0.3 is 0 Å². The average molecular weight is 277 g/mol. The van der Waals surface area contributed by atoms with E-state index in [4.69, 9.17) is 5.26 Å². The van der Waals surface area contributed by atoms with Gasteiger partial charge in [-0.05, 0) is 35.4 Å². The molecule has 1 N–H and O–H groups in total. The molecule has 3 heteroatoms. The highest BCUT2D eigenvalue weighted by Gasteiger charge is 2.01. The van der Waals surface area contributed by atoms with Crippen molar-refractivity contribution in [3.05, 3.63) is 71.8 Å². The van der Waals surface area contributed by atoms with Crippen LogP contribution < -0.4 is 5.32 Å². The Hall–Kier alpha value is -2.73. The van der Waals surface area contributed by atoms with Crippen LogP contribution in [0.1, 0.15) is 16.7 Å². The van der Waals surface area contributed by atoms with Crippen molar-refractivity contribution in [3.63, 3.8) is 0 Å². The number of anilines is 1. The van der Waals surface area contributed by atoms with E-state index in [9.17, 15) is 0 Å². The van der Waals surface area contributed by atoms with Gasteiger partial charge < -0.3 is 10.2 Å². The fourth-order valence-corrected chi connectivity index (χ4v) is 1.99. The molecule has 0 unspecified atom stereocenters. The zero-order valence-electron chi connectivity index (χ0n) is 12.4. The molecule has 0 aliphatic rings. The van der Waals surface area contributed by atoms with E-state index in [2.05, 4.69) is 30.1 Å². The molecule has 0 aliphatic heterocycles. The SMILES string of the molecule is C=C(c1ccc(NCc2cccc(C#N)c2)cc1)N(C)C. The topological polar surface area (TPSA) is 39.1 Å². The smallest absolute Gasteiger partial charge is 0.0991 e. The lowest BCUT2D eigenvalue weighted by Gasteiger charge is -2.16. The maximum Gasteiger partial charge on any atom is 0.0991 e. The summed E-state index contributed by atoms with van der Waals surface area (Å²) in [6, 6.07) is 18.0. The third-order valence-corrected chi connectivity index (χ3v) is 3.31. The summed E-state index contributed by atoms with van der Waals surface area (Å²) in [5.41, 5.74) is 4.93. The summed E-state index contributed by atoms with van der Waals surface area (Å²) in [7, 11) is 3.97. The number of nitrogens with one attached hydrogen (secondary N) is 1. The monoisotopic (exact) mass is 277 g/mol. The molecule has 0 saturated carbocycles. The number of hydrogen-bond donors (Lipinski definition) is 1. The van der Waals surface area contributed by atoms with Gasteiger partial charge in [0.15, 0.2) is 0 Å². The maximum atomic E-state index is 8.89. The van der Waals surface area contributed by atoms with Gasteiger partial charge in [0.05, 0.1) is 11.6 Å². The van der Waals surface area contributed by atoms with Gasteiger partial charge in [-0.25, -0.2) is 0 Å². The lowest BCUT2D eigenvalue weighted by Crippen LogP contribution is -2.08. The molecule has 0 atom stereocenters. The molecule has 0 amide bonds. The summed E-state index contributed by atoms with van der Waals surface area (Å²) in [5, 5.41) is 12.2. The van der Waals surface area contributed by atoms with Crippen molar-refractivity contribution < 1.29 is 0 Å². The van der Waals surface area contributed by atoms with Crippen molar-refractivity contribution in [2.24, 2.45) is 0 Å². The van der Waals surface area contributed by atoms with Crippen LogP contribution in [-0.2, 0) is 6.54 Å². The second-order valence-electron chi connectivity index (χ2n) is 5.08. The lowest BCUT2D eigenvalue weighted by atomic mass is 10.1. The van der Waals surface area contributed by atoms with Gasteiger partial charge in [0.25, 0.3) is 0 Å². The molecule has 2 rings (SSSR count). The van der Waals surface area contributed by atoms with E-state index in [0.717, 1.165) is 22.5 Å². The zero-order valence-corrected chi connectivity index (χ0v) is 12.4. The minimum Gasteiger partial charge on any atom is -0.381 e. The van der Waals surface area contributed by atoms with E-state index >= 15 is 0 Å². The van der Waals surface area contributed by atoms with Gasteiger partial charge in [0.2, 0.25) is 0 Å². The molecule has 2 aromatic carbocycles. The van der Waals surface area contributed by atoms with E-state index < -0.39 is 0 Å². The molecule has 0 spiro atoms. The van der Waals surface area contributed by atoms with Crippen LogP contribution in [0.15, 0.2) is 55.1 Å². The van der Waals surface area contributed by atoms with Crippen molar-refractivity contribution >= 4 is 11.4 Å². The Morgan fingerprint density at radius 1 is 1.19 bits per heavy atom. The maximum absolute atomic E-state index is 8.89. The summed E-state index contributed by atoms with van der Waals surface area (Å²) in [6.07, 6.45) is 0. The molecule has 2 aromatic rings. The minimum absolute atomic E-state index is 0.687. The van der Waals surface area contributed by atoms with Crippen molar-refractivity contribution in [1.82, 2.24) is 4.90 Å². The highest BCUT2D eigenvalue weighted by atomic mass is 15.1. The number of hydrogen-bond acceptors (Lipinski definition) is 3. The Balaban J connectivity index is 2.01. The van der Waals surface area contributed by atoms with Crippen LogP contribution >= 0.6 is 0 Å². The van der Waals surface area contributed by atoms with Crippen molar-refractivity contribution in [2.75, 3.05) is 19.4 Å². The summed E-state index contributed by atoms with van der Waals surface area (Å²) < 4.78 is 0. The molecule has 0 fully saturated rings. The van der Waals surface area contributed by atoms with Gasteiger partial charge in [0.1, 0.15) is 0 Å². The summed E-state index contributed by atoms with van der Waals surface area (Å²) in [6.45, 7) is 4.74.